The molecule has 0 spiro atoms. The number of nitrogens with zero attached hydrogens (tertiary/aromatic N) is 1. The average molecular weight is 500 g/mol. The van der Waals surface area contributed by atoms with Crippen molar-refractivity contribution in [2.45, 2.75) is 52.2 Å². The molecule has 2 atom stereocenters. The van der Waals surface area contributed by atoms with Crippen LogP contribution in [0.15, 0.2) is 46.9 Å². The van der Waals surface area contributed by atoms with Crippen molar-refractivity contribution >= 4 is 50.9 Å². The maximum Gasteiger partial charge on any atom is 0.242 e. The molecular formula is C22H25BrCl2N2O2. The minimum atomic E-state index is -0.642. The molecule has 0 heterocycles. The highest BCUT2D eigenvalue weighted by molar-refractivity contribution is 9.10. The van der Waals surface area contributed by atoms with Crippen LogP contribution in [0, 0.1) is 0 Å². The Morgan fingerprint density at radius 1 is 1.10 bits per heavy atom. The number of nitrogens with one attached hydrogen (secondary N) is 1. The molecule has 0 bridgehead atoms. The van der Waals surface area contributed by atoms with Gasteiger partial charge in [-0.25, -0.2) is 0 Å². The Labute approximate surface area is 190 Å². The van der Waals surface area contributed by atoms with Gasteiger partial charge in [-0.15, -0.1) is 0 Å². The largest absolute Gasteiger partial charge is 0.352 e. The summed E-state index contributed by atoms with van der Waals surface area (Å²) < 4.78 is 0.910. The molecular weight excluding hydrogens is 475 g/mol. The van der Waals surface area contributed by atoms with Crippen molar-refractivity contribution < 1.29 is 9.59 Å². The first-order valence-electron chi connectivity index (χ1n) is 9.50. The number of hydrogen-bond acceptors (Lipinski definition) is 2. The summed E-state index contributed by atoms with van der Waals surface area (Å²) in [5, 5.41) is 3.82. The fraction of sp³-hybridized carbons (Fsp3) is 0.364. The second-order valence-electron chi connectivity index (χ2n) is 7.02. The highest BCUT2D eigenvalue weighted by atomic mass is 79.9. The third kappa shape index (κ3) is 6.73. The average Bonchev–Trinajstić information content (AvgIpc) is 2.68. The minimum Gasteiger partial charge on any atom is -0.352 e. The van der Waals surface area contributed by atoms with E-state index < -0.39 is 6.04 Å². The molecule has 0 aliphatic rings. The summed E-state index contributed by atoms with van der Waals surface area (Å²) in [4.78, 5) is 27.5. The Balaban J connectivity index is 2.29. The first-order chi connectivity index (χ1) is 13.7. The van der Waals surface area contributed by atoms with Crippen LogP contribution in [0.2, 0.25) is 10.0 Å². The molecule has 0 aliphatic carbocycles. The number of rotatable bonds is 8. The fourth-order valence-electron chi connectivity index (χ4n) is 2.83. The maximum absolute atomic E-state index is 13.2. The van der Waals surface area contributed by atoms with Crippen LogP contribution in [0.1, 0.15) is 38.3 Å². The second-order valence-corrected chi connectivity index (χ2v) is 8.75. The number of amides is 2. The molecule has 4 nitrogen and oxygen atoms in total. The summed E-state index contributed by atoms with van der Waals surface area (Å²) in [5.41, 5.74) is 1.48. The highest BCUT2D eigenvalue weighted by Crippen LogP contribution is 2.26. The molecule has 2 rings (SSSR count). The summed E-state index contributed by atoms with van der Waals surface area (Å²) in [6.07, 6.45) is 0.834. The smallest absolute Gasteiger partial charge is 0.242 e. The Morgan fingerprint density at radius 2 is 1.72 bits per heavy atom. The molecule has 0 fully saturated rings. The lowest BCUT2D eigenvalue weighted by Crippen LogP contribution is -2.49. The van der Waals surface area contributed by atoms with E-state index in [1.807, 2.05) is 38.1 Å². The van der Waals surface area contributed by atoms with Gasteiger partial charge in [0.2, 0.25) is 11.8 Å². The van der Waals surface area contributed by atoms with E-state index in [0.29, 0.717) is 22.2 Å². The van der Waals surface area contributed by atoms with Crippen LogP contribution in [0.5, 0.6) is 0 Å². The SMILES string of the molecule is CC[C@@H](C)NC(=O)[C@H](C)N(Cc1cccc(Br)c1)C(=O)Cc1c(Cl)cccc1Cl. The third-order valence-corrected chi connectivity index (χ3v) is 6.00. The zero-order valence-electron chi connectivity index (χ0n) is 16.7. The van der Waals surface area contributed by atoms with Crippen LogP contribution in [0.3, 0.4) is 0 Å². The van der Waals surface area contributed by atoms with Crippen molar-refractivity contribution in [1.29, 1.82) is 0 Å². The second kappa shape index (κ2) is 11.0. The van der Waals surface area contributed by atoms with Gasteiger partial charge in [-0.05, 0) is 55.7 Å². The van der Waals surface area contributed by atoms with E-state index in [-0.39, 0.29) is 24.3 Å². The van der Waals surface area contributed by atoms with Crippen molar-refractivity contribution in [3.8, 4) is 0 Å². The van der Waals surface area contributed by atoms with Crippen LogP contribution < -0.4 is 5.32 Å². The van der Waals surface area contributed by atoms with Gasteiger partial charge >= 0.3 is 0 Å². The van der Waals surface area contributed by atoms with E-state index in [9.17, 15) is 9.59 Å². The number of carbonyl (C=O) groups excluding carboxylic acids is 2. The van der Waals surface area contributed by atoms with Crippen LogP contribution in [0.4, 0.5) is 0 Å². The van der Waals surface area contributed by atoms with E-state index in [1.54, 1.807) is 30.0 Å². The zero-order chi connectivity index (χ0) is 21.6. The Hall–Kier alpha value is -1.56. The quantitative estimate of drug-likeness (QED) is 0.511. The van der Waals surface area contributed by atoms with E-state index in [0.717, 1.165) is 16.5 Å². The lowest BCUT2D eigenvalue weighted by molar-refractivity contribution is -0.140. The molecule has 2 aromatic carbocycles. The summed E-state index contributed by atoms with van der Waals surface area (Å²) >= 11 is 15.9. The predicted molar refractivity (Wildman–Crippen MR) is 122 cm³/mol. The topological polar surface area (TPSA) is 49.4 Å². The van der Waals surface area contributed by atoms with Crippen molar-refractivity contribution in [3.63, 3.8) is 0 Å². The lowest BCUT2D eigenvalue weighted by Gasteiger charge is -2.30. The zero-order valence-corrected chi connectivity index (χ0v) is 19.8. The molecule has 0 radical (unpaired) electrons. The summed E-state index contributed by atoms with van der Waals surface area (Å²) in [5.74, 6) is -0.403. The minimum absolute atomic E-state index is 0.0213. The maximum atomic E-state index is 13.2. The summed E-state index contributed by atoms with van der Waals surface area (Å²) in [6, 6.07) is 12.2. The van der Waals surface area contributed by atoms with Crippen molar-refractivity contribution in [2.75, 3.05) is 0 Å². The monoisotopic (exact) mass is 498 g/mol. The summed E-state index contributed by atoms with van der Waals surface area (Å²) in [7, 11) is 0. The molecule has 1 N–H and O–H groups in total. The molecule has 0 saturated heterocycles. The van der Waals surface area contributed by atoms with Gasteiger partial charge in [-0.3, -0.25) is 9.59 Å². The molecule has 29 heavy (non-hydrogen) atoms. The molecule has 0 aromatic heterocycles. The Bertz CT molecular complexity index is 855. The van der Waals surface area contributed by atoms with Crippen LogP contribution in [0.25, 0.3) is 0 Å². The number of hydrogen-bond donors (Lipinski definition) is 1. The Morgan fingerprint density at radius 3 is 2.31 bits per heavy atom. The first-order valence-corrected chi connectivity index (χ1v) is 11.0. The number of benzene rings is 2. The van der Waals surface area contributed by atoms with Gasteiger partial charge in [-0.2, -0.15) is 0 Å². The van der Waals surface area contributed by atoms with Gasteiger partial charge in [-0.1, -0.05) is 64.3 Å². The standard InChI is InChI=1S/C22H25BrCl2N2O2/c1-4-14(2)26-22(29)15(3)27(13-16-7-5-8-17(23)11-16)21(28)12-18-19(24)9-6-10-20(18)25/h5-11,14-15H,4,12-13H2,1-3H3,(H,26,29)/t14-,15+/m1/s1. The van der Waals surface area contributed by atoms with Gasteiger partial charge in [0.15, 0.2) is 0 Å². The third-order valence-electron chi connectivity index (χ3n) is 4.80. The van der Waals surface area contributed by atoms with Crippen LogP contribution >= 0.6 is 39.1 Å². The number of carbonyl (C=O) groups is 2. The predicted octanol–water partition coefficient (Wildman–Crippen LogP) is 5.63. The molecule has 156 valence electrons. The van der Waals surface area contributed by atoms with Gasteiger partial charge < -0.3 is 10.2 Å². The normalized spacial score (nSPS) is 12.9. The molecule has 0 aliphatic heterocycles. The van der Waals surface area contributed by atoms with Gasteiger partial charge in [0.25, 0.3) is 0 Å². The highest BCUT2D eigenvalue weighted by Gasteiger charge is 2.27. The van der Waals surface area contributed by atoms with Crippen LogP contribution in [-0.2, 0) is 22.6 Å². The lowest BCUT2D eigenvalue weighted by atomic mass is 10.1. The molecule has 2 amide bonds. The van der Waals surface area contributed by atoms with Crippen molar-refractivity contribution in [1.82, 2.24) is 10.2 Å². The van der Waals surface area contributed by atoms with E-state index in [1.165, 1.54) is 0 Å². The number of halogens is 3. The Kier molecular flexibility index (Phi) is 9.00. The van der Waals surface area contributed by atoms with Crippen molar-refractivity contribution in [2.24, 2.45) is 0 Å². The van der Waals surface area contributed by atoms with E-state index in [2.05, 4.69) is 21.2 Å². The molecule has 0 saturated carbocycles. The van der Waals surface area contributed by atoms with Gasteiger partial charge in [0.1, 0.15) is 6.04 Å². The van der Waals surface area contributed by atoms with Crippen LogP contribution in [-0.4, -0.2) is 28.8 Å². The van der Waals surface area contributed by atoms with E-state index >= 15 is 0 Å². The van der Waals surface area contributed by atoms with Gasteiger partial charge in [0.05, 0.1) is 6.42 Å². The van der Waals surface area contributed by atoms with Gasteiger partial charge in [0, 0.05) is 27.1 Å². The van der Waals surface area contributed by atoms with E-state index in [4.69, 9.17) is 23.2 Å². The molecule has 2 aromatic rings. The molecule has 0 unspecified atom stereocenters. The van der Waals surface area contributed by atoms with Crippen molar-refractivity contribution in [3.05, 3.63) is 68.1 Å². The summed E-state index contributed by atoms with van der Waals surface area (Å²) in [6.45, 7) is 5.98. The first kappa shape index (κ1) is 23.7. The fourth-order valence-corrected chi connectivity index (χ4v) is 3.81. The molecule has 7 heteroatoms.